The summed E-state index contributed by atoms with van der Waals surface area (Å²) in [5.41, 5.74) is 2.81. The summed E-state index contributed by atoms with van der Waals surface area (Å²) in [7, 11) is 0. The summed E-state index contributed by atoms with van der Waals surface area (Å²) in [5, 5.41) is 0.703. The summed E-state index contributed by atoms with van der Waals surface area (Å²) >= 11 is 1.25. The van der Waals surface area contributed by atoms with E-state index in [2.05, 4.69) is 15.4 Å². The van der Waals surface area contributed by atoms with Crippen LogP contribution < -0.4 is 11.3 Å². The summed E-state index contributed by atoms with van der Waals surface area (Å²) in [6.45, 7) is 0. The fourth-order valence-electron chi connectivity index (χ4n) is 1.06. The molecule has 0 spiro atoms. The van der Waals surface area contributed by atoms with Gasteiger partial charge in [0.05, 0.1) is 11.9 Å². The number of hydrogen-bond donors (Lipinski definition) is 2. The average molecular weight is 220 g/mol. The molecule has 3 N–H and O–H groups in total. The van der Waals surface area contributed by atoms with E-state index in [9.17, 15) is 4.79 Å². The molecule has 0 fully saturated rings. The first-order valence-electron chi connectivity index (χ1n) is 4.19. The van der Waals surface area contributed by atoms with Gasteiger partial charge in [0.15, 0.2) is 0 Å². The number of nitrogens with zero attached hydrogens (tertiary/aromatic N) is 2. The summed E-state index contributed by atoms with van der Waals surface area (Å²) in [6.07, 6.45) is 3.16. The van der Waals surface area contributed by atoms with Crippen molar-refractivity contribution in [2.75, 3.05) is 0 Å². The number of hydrazine groups is 1. The van der Waals surface area contributed by atoms with Crippen molar-refractivity contribution >= 4 is 17.2 Å². The van der Waals surface area contributed by atoms with Crippen molar-refractivity contribution in [2.45, 2.75) is 0 Å². The Balaban J connectivity index is 2.32. The smallest absolute Gasteiger partial charge is 0.276 e. The van der Waals surface area contributed by atoms with E-state index in [1.165, 1.54) is 17.5 Å². The van der Waals surface area contributed by atoms with E-state index in [0.29, 0.717) is 9.88 Å². The van der Waals surface area contributed by atoms with E-state index >= 15 is 0 Å². The van der Waals surface area contributed by atoms with Crippen LogP contribution in [-0.2, 0) is 0 Å². The first-order valence-corrected chi connectivity index (χ1v) is 5.01. The Morgan fingerprint density at radius 1 is 1.40 bits per heavy atom. The number of aromatic nitrogens is 2. The van der Waals surface area contributed by atoms with Crippen LogP contribution in [0.2, 0.25) is 0 Å². The van der Waals surface area contributed by atoms with E-state index in [1.807, 2.05) is 18.2 Å². The zero-order valence-corrected chi connectivity index (χ0v) is 8.49. The lowest BCUT2D eigenvalue weighted by atomic mass is 10.4. The topological polar surface area (TPSA) is 80.9 Å². The molecular weight excluding hydrogens is 212 g/mol. The van der Waals surface area contributed by atoms with Gasteiger partial charge in [0.25, 0.3) is 5.91 Å². The predicted molar refractivity (Wildman–Crippen MR) is 57.0 cm³/mol. The van der Waals surface area contributed by atoms with Crippen molar-refractivity contribution in [3.8, 4) is 10.7 Å². The van der Waals surface area contributed by atoms with Gasteiger partial charge in [-0.15, -0.1) is 11.3 Å². The largest absolute Gasteiger partial charge is 0.289 e. The maximum absolute atomic E-state index is 11.2. The van der Waals surface area contributed by atoms with Gasteiger partial charge in [-0.1, -0.05) is 6.07 Å². The van der Waals surface area contributed by atoms with E-state index in [1.54, 1.807) is 6.20 Å². The molecule has 0 saturated heterocycles. The third kappa shape index (κ3) is 2.00. The number of nitrogens with two attached hydrogens (primary N) is 1. The summed E-state index contributed by atoms with van der Waals surface area (Å²) in [5.74, 6) is 4.68. The first-order chi connectivity index (χ1) is 7.31. The molecule has 2 aromatic heterocycles. The standard InChI is InChI=1S/C9H8N4OS/c10-13-8(14)7-5-12-9(15-7)6-3-1-2-4-11-6/h1-5H,10H2,(H,13,14). The highest BCUT2D eigenvalue weighted by molar-refractivity contribution is 7.16. The molecule has 5 nitrogen and oxygen atoms in total. The molecule has 0 saturated carbocycles. The highest BCUT2D eigenvalue weighted by Gasteiger charge is 2.10. The predicted octanol–water partition coefficient (Wildman–Crippen LogP) is 0.809. The first kappa shape index (κ1) is 9.75. The van der Waals surface area contributed by atoms with Crippen LogP contribution in [0.4, 0.5) is 0 Å². The monoisotopic (exact) mass is 220 g/mol. The second kappa shape index (κ2) is 4.16. The van der Waals surface area contributed by atoms with Crippen LogP contribution in [0.1, 0.15) is 9.67 Å². The second-order valence-corrected chi connectivity index (χ2v) is 3.75. The van der Waals surface area contributed by atoms with Gasteiger partial charge in [0, 0.05) is 6.20 Å². The number of hydrogen-bond acceptors (Lipinski definition) is 5. The van der Waals surface area contributed by atoms with Crippen molar-refractivity contribution < 1.29 is 4.79 Å². The molecule has 0 radical (unpaired) electrons. The minimum Gasteiger partial charge on any atom is -0.289 e. The fourth-order valence-corrected chi connectivity index (χ4v) is 1.85. The lowest BCUT2D eigenvalue weighted by molar-refractivity contribution is 0.0957. The number of amides is 1. The normalized spacial score (nSPS) is 9.93. The Labute approximate surface area is 90.0 Å². The third-order valence-electron chi connectivity index (χ3n) is 1.74. The van der Waals surface area contributed by atoms with Crippen LogP contribution in [0.15, 0.2) is 30.6 Å². The van der Waals surface area contributed by atoms with Gasteiger partial charge in [0.2, 0.25) is 0 Å². The van der Waals surface area contributed by atoms with E-state index in [-0.39, 0.29) is 5.91 Å². The number of rotatable bonds is 2. The van der Waals surface area contributed by atoms with E-state index in [0.717, 1.165) is 5.69 Å². The molecule has 6 heteroatoms. The molecule has 0 unspecified atom stereocenters. The highest BCUT2D eigenvalue weighted by Crippen LogP contribution is 2.22. The fraction of sp³-hybridized carbons (Fsp3) is 0. The lowest BCUT2D eigenvalue weighted by Crippen LogP contribution is -2.29. The van der Waals surface area contributed by atoms with Crippen LogP contribution in [0, 0.1) is 0 Å². The Morgan fingerprint density at radius 2 is 2.27 bits per heavy atom. The van der Waals surface area contributed by atoms with Crippen LogP contribution >= 0.6 is 11.3 Å². The van der Waals surface area contributed by atoms with Crippen LogP contribution in [0.25, 0.3) is 10.7 Å². The molecule has 76 valence electrons. The zero-order chi connectivity index (χ0) is 10.7. The minimum atomic E-state index is -0.338. The minimum absolute atomic E-state index is 0.338. The Kier molecular flexibility index (Phi) is 2.70. The number of pyridine rings is 1. The number of carbonyl (C=O) groups excluding carboxylic acids is 1. The molecule has 2 rings (SSSR count). The molecule has 15 heavy (non-hydrogen) atoms. The summed E-state index contributed by atoms with van der Waals surface area (Å²) in [4.78, 5) is 19.9. The zero-order valence-electron chi connectivity index (χ0n) is 7.68. The molecule has 0 aliphatic rings. The van der Waals surface area contributed by atoms with Crippen molar-refractivity contribution in [3.63, 3.8) is 0 Å². The Morgan fingerprint density at radius 3 is 2.93 bits per heavy atom. The molecule has 1 amide bonds. The van der Waals surface area contributed by atoms with Gasteiger partial charge >= 0.3 is 0 Å². The maximum Gasteiger partial charge on any atom is 0.276 e. The lowest BCUT2D eigenvalue weighted by Gasteiger charge is -1.93. The van der Waals surface area contributed by atoms with Crippen LogP contribution in [0.3, 0.4) is 0 Å². The number of nitrogens with one attached hydrogen (secondary N) is 1. The summed E-state index contributed by atoms with van der Waals surface area (Å²) < 4.78 is 0. The molecule has 0 aliphatic carbocycles. The number of thiazole rings is 1. The highest BCUT2D eigenvalue weighted by atomic mass is 32.1. The van der Waals surface area contributed by atoms with Crippen molar-refractivity contribution in [1.29, 1.82) is 0 Å². The van der Waals surface area contributed by atoms with Crippen molar-refractivity contribution in [1.82, 2.24) is 15.4 Å². The second-order valence-electron chi connectivity index (χ2n) is 2.72. The molecule has 2 aromatic rings. The van der Waals surface area contributed by atoms with E-state index < -0.39 is 0 Å². The van der Waals surface area contributed by atoms with Crippen LogP contribution in [-0.4, -0.2) is 15.9 Å². The molecule has 0 aromatic carbocycles. The Hall–Kier alpha value is -1.79. The third-order valence-corrected chi connectivity index (χ3v) is 2.76. The molecule has 2 heterocycles. The number of carbonyl (C=O) groups is 1. The molecule has 0 bridgehead atoms. The van der Waals surface area contributed by atoms with E-state index in [4.69, 9.17) is 5.84 Å². The van der Waals surface area contributed by atoms with Crippen molar-refractivity contribution in [3.05, 3.63) is 35.5 Å². The maximum atomic E-state index is 11.2. The van der Waals surface area contributed by atoms with Gasteiger partial charge in [-0.05, 0) is 12.1 Å². The van der Waals surface area contributed by atoms with Crippen LogP contribution in [0.5, 0.6) is 0 Å². The SMILES string of the molecule is NNC(=O)c1cnc(-c2ccccn2)s1. The molecule has 0 atom stereocenters. The summed E-state index contributed by atoms with van der Waals surface area (Å²) in [6, 6.07) is 5.53. The molecular formula is C9H8N4OS. The van der Waals surface area contributed by atoms with Gasteiger partial charge in [0.1, 0.15) is 9.88 Å². The van der Waals surface area contributed by atoms with Gasteiger partial charge in [-0.25, -0.2) is 10.8 Å². The van der Waals surface area contributed by atoms with Gasteiger partial charge < -0.3 is 0 Å². The average Bonchev–Trinajstić information content (AvgIpc) is 2.78. The van der Waals surface area contributed by atoms with Crippen molar-refractivity contribution in [2.24, 2.45) is 5.84 Å². The van der Waals surface area contributed by atoms with Gasteiger partial charge in [-0.2, -0.15) is 0 Å². The molecule has 0 aliphatic heterocycles. The number of nitrogen functional groups attached to an aromatic ring is 1. The Bertz CT molecular complexity index is 468. The van der Waals surface area contributed by atoms with Gasteiger partial charge in [-0.3, -0.25) is 15.2 Å². The quantitative estimate of drug-likeness (QED) is 0.446.